The Labute approximate surface area is 172 Å². The average Bonchev–Trinajstić information content (AvgIpc) is 3.13. The van der Waals surface area contributed by atoms with Crippen LogP contribution >= 0.6 is 11.8 Å². The lowest BCUT2D eigenvalue weighted by atomic mass is 10.1. The van der Waals surface area contributed by atoms with Crippen LogP contribution < -0.4 is 9.64 Å². The van der Waals surface area contributed by atoms with Gasteiger partial charge in [0.1, 0.15) is 11.6 Å². The number of halogens is 1. The molecule has 9 heteroatoms. The van der Waals surface area contributed by atoms with Gasteiger partial charge in [-0.2, -0.15) is 4.99 Å². The molecule has 0 aromatic heterocycles. The molecule has 2 aromatic rings. The molecule has 1 amide bonds. The second kappa shape index (κ2) is 7.79. The van der Waals surface area contributed by atoms with Crippen LogP contribution in [-0.4, -0.2) is 49.4 Å². The number of para-hydroxylation sites is 1. The standard InChI is InChI=1S/C20H19FN2O4S2/c1-27-17-5-3-2-4-13(17)10-19(24)22-20-23(15-8-6-14(21)7-9-15)16-11-29(25,26)12-18(16)28-20/h2-9,16,18H,10-12H2,1H3. The second-order valence-electron chi connectivity index (χ2n) is 6.92. The van der Waals surface area contributed by atoms with Crippen LogP contribution in [0.4, 0.5) is 10.1 Å². The number of fused-ring (bicyclic) bond motifs is 1. The van der Waals surface area contributed by atoms with Gasteiger partial charge in [0.25, 0.3) is 5.91 Å². The molecule has 0 bridgehead atoms. The summed E-state index contributed by atoms with van der Waals surface area (Å²) in [5.41, 5.74) is 1.34. The van der Waals surface area contributed by atoms with Crippen molar-refractivity contribution in [1.82, 2.24) is 0 Å². The number of rotatable bonds is 4. The summed E-state index contributed by atoms with van der Waals surface area (Å²) in [4.78, 5) is 18.7. The zero-order valence-corrected chi connectivity index (χ0v) is 17.2. The Morgan fingerprint density at radius 1 is 1.21 bits per heavy atom. The number of sulfone groups is 1. The Hall–Kier alpha value is -2.39. The molecule has 2 unspecified atom stereocenters. The summed E-state index contributed by atoms with van der Waals surface area (Å²) >= 11 is 1.29. The summed E-state index contributed by atoms with van der Waals surface area (Å²) in [6.45, 7) is 0. The van der Waals surface area contributed by atoms with Crippen LogP contribution in [0.25, 0.3) is 0 Å². The fourth-order valence-corrected chi connectivity index (χ4v) is 7.56. The highest BCUT2D eigenvalue weighted by Gasteiger charge is 2.49. The number of benzene rings is 2. The van der Waals surface area contributed by atoms with Crippen molar-refractivity contribution < 1.29 is 22.3 Å². The minimum Gasteiger partial charge on any atom is -0.496 e. The number of nitrogens with zero attached hydrogens (tertiary/aromatic N) is 2. The summed E-state index contributed by atoms with van der Waals surface area (Å²) in [6.07, 6.45) is 0.0684. The zero-order valence-electron chi connectivity index (χ0n) is 15.6. The van der Waals surface area contributed by atoms with Gasteiger partial charge in [-0.1, -0.05) is 30.0 Å². The van der Waals surface area contributed by atoms with Crippen LogP contribution in [0.5, 0.6) is 5.75 Å². The van der Waals surface area contributed by atoms with E-state index < -0.39 is 9.84 Å². The molecule has 29 heavy (non-hydrogen) atoms. The normalized spacial score (nSPS) is 23.9. The summed E-state index contributed by atoms with van der Waals surface area (Å²) in [6, 6.07) is 12.7. The van der Waals surface area contributed by atoms with Crippen molar-refractivity contribution in [2.24, 2.45) is 4.99 Å². The van der Waals surface area contributed by atoms with E-state index >= 15 is 0 Å². The van der Waals surface area contributed by atoms with Gasteiger partial charge in [-0.3, -0.25) is 4.79 Å². The van der Waals surface area contributed by atoms with Crippen molar-refractivity contribution in [2.75, 3.05) is 23.5 Å². The fraction of sp³-hybridized carbons (Fsp3) is 0.300. The molecule has 4 rings (SSSR count). The van der Waals surface area contributed by atoms with Crippen molar-refractivity contribution in [1.29, 1.82) is 0 Å². The summed E-state index contributed by atoms with van der Waals surface area (Å²) in [7, 11) is -1.62. The molecule has 2 aliphatic heterocycles. The molecule has 0 aliphatic carbocycles. The van der Waals surface area contributed by atoms with Gasteiger partial charge in [-0.15, -0.1) is 0 Å². The maximum atomic E-state index is 13.4. The number of amidine groups is 1. The van der Waals surface area contributed by atoms with Gasteiger partial charge in [0, 0.05) is 16.5 Å². The summed E-state index contributed by atoms with van der Waals surface area (Å²) in [5.74, 6) is -0.103. The molecule has 0 N–H and O–H groups in total. The lowest BCUT2D eigenvalue weighted by molar-refractivity contribution is -0.117. The highest BCUT2D eigenvalue weighted by Crippen LogP contribution is 2.41. The molecular formula is C20H19FN2O4S2. The smallest absolute Gasteiger partial charge is 0.252 e. The number of carbonyl (C=O) groups is 1. The van der Waals surface area contributed by atoms with Gasteiger partial charge < -0.3 is 9.64 Å². The van der Waals surface area contributed by atoms with Crippen LogP contribution in [0.15, 0.2) is 53.5 Å². The predicted molar refractivity (Wildman–Crippen MR) is 112 cm³/mol. The largest absolute Gasteiger partial charge is 0.496 e. The van der Waals surface area contributed by atoms with Gasteiger partial charge >= 0.3 is 0 Å². The van der Waals surface area contributed by atoms with Gasteiger partial charge in [0.15, 0.2) is 15.0 Å². The van der Waals surface area contributed by atoms with E-state index in [4.69, 9.17) is 4.74 Å². The highest BCUT2D eigenvalue weighted by atomic mass is 32.2. The van der Waals surface area contributed by atoms with E-state index in [9.17, 15) is 17.6 Å². The lowest BCUT2D eigenvalue weighted by Crippen LogP contribution is -2.37. The molecule has 152 valence electrons. The van der Waals surface area contributed by atoms with Crippen molar-refractivity contribution in [3.63, 3.8) is 0 Å². The van der Waals surface area contributed by atoms with Crippen LogP contribution in [0.3, 0.4) is 0 Å². The SMILES string of the molecule is COc1ccccc1CC(=O)N=C1SC2CS(=O)(=O)CC2N1c1ccc(F)cc1. The molecule has 6 nitrogen and oxygen atoms in total. The number of carbonyl (C=O) groups excluding carboxylic acids is 1. The molecule has 2 fully saturated rings. The van der Waals surface area contributed by atoms with Crippen LogP contribution in [-0.2, 0) is 21.1 Å². The first-order chi connectivity index (χ1) is 13.9. The maximum Gasteiger partial charge on any atom is 0.252 e. The maximum absolute atomic E-state index is 13.4. The minimum absolute atomic E-state index is 0.0121. The number of ether oxygens (including phenoxy) is 1. The number of thioether (sulfide) groups is 1. The van der Waals surface area contributed by atoms with Crippen LogP contribution in [0, 0.1) is 5.82 Å². The van der Waals surface area contributed by atoms with Crippen molar-refractivity contribution in [3.05, 3.63) is 59.9 Å². The second-order valence-corrected chi connectivity index (χ2v) is 10.3. The minimum atomic E-state index is -3.16. The van der Waals surface area contributed by atoms with E-state index in [1.165, 1.54) is 23.9 Å². The third-order valence-corrected chi connectivity index (χ3v) is 8.14. The van der Waals surface area contributed by atoms with Crippen LogP contribution in [0.2, 0.25) is 0 Å². The molecule has 2 saturated heterocycles. The van der Waals surface area contributed by atoms with E-state index in [1.54, 1.807) is 36.3 Å². The molecular weight excluding hydrogens is 415 g/mol. The molecule has 0 saturated carbocycles. The number of hydrogen-bond donors (Lipinski definition) is 0. The number of aliphatic imine (C=N–C) groups is 1. The highest BCUT2D eigenvalue weighted by molar-refractivity contribution is 8.16. The molecule has 2 aliphatic rings. The molecule has 0 spiro atoms. The lowest BCUT2D eigenvalue weighted by Gasteiger charge is -2.24. The Bertz CT molecular complexity index is 1070. The summed E-state index contributed by atoms with van der Waals surface area (Å²) in [5, 5.41) is 0.240. The van der Waals surface area contributed by atoms with E-state index in [0.717, 1.165) is 5.56 Å². The Kier molecular flexibility index (Phi) is 5.35. The Balaban J connectivity index is 1.64. The topological polar surface area (TPSA) is 76.0 Å². The molecule has 0 radical (unpaired) electrons. The number of hydrogen-bond acceptors (Lipinski definition) is 5. The van der Waals surface area contributed by atoms with Crippen molar-refractivity contribution in [3.8, 4) is 5.75 Å². The van der Waals surface area contributed by atoms with E-state index in [1.807, 2.05) is 12.1 Å². The number of anilines is 1. The Morgan fingerprint density at radius 3 is 2.66 bits per heavy atom. The Morgan fingerprint density at radius 2 is 1.93 bits per heavy atom. The van der Waals surface area contributed by atoms with E-state index in [0.29, 0.717) is 16.6 Å². The first kappa shape index (κ1) is 19.9. The average molecular weight is 435 g/mol. The third-order valence-electron chi connectivity index (χ3n) is 4.93. The molecule has 2 heterocycles. The van der Waals surface area contributed by atoms with E-state index in [-0.39, 0.29) is 40.9 Å². The third kappa shape index (κ3) is 4.16. The fourth-order valence-electron chi connectivity index (χ4n) is 3.63. The van der Waals surface area contributed by atoms with E-state index in [2.05, 4.69) is 4.99 Å². The first-order valence-electron chi connectivity index (χ1n) is 9.01. The van der Waals surface area contributed by atoms with Gasteiger partial charge in [-0.25, -0.2) is 12.8 Å². The van der Waals surface area contributed by atoms with Gasteiger partial charge in [0.05, 0.1) is 31.1 Å². The monoisotopic (exact) mass is 434 g/mol. The predicted octanol–water partition coefficient (Wildman–Crippen LogP) is 2.68. The van der Waals surface area contributed by atoms with Gasteiger partial charge in [-0.05, 0) is 30.3 Å². The number of methoxy groups -OCH3 is 1. The molecule has 2 atom stereocenters. The quantitative estimate of drug-likeness (QED) is 0.737. The van der Waals surface area contributed by atoms with Crippen LogP contribution in [0.1, 0.15) is 5.56 Å². The summed E-state index contributed by atoms with van der Waals surface area (Å²) < 4.78 is 42.8. The van der Waals surface area contributed by atoms with Crippen molar-refractivity contribution in [2.45, 2.75) is 17.7 Å². The zero-order chi connectivity index (χ0) is 20.6. The van der Waals surface area contributed by atoms with Crippen molar-refractivity contribution >= 4 is 38.4 Å². The number of amides is 1. The molecule has 2 aromatic carbocycles. The first-order valence-corrected chi connectivity index (χ1v) is 11.7. The van der Waals surface area contributed by atoms with Gasteiger partial charge in [0.2, 0.25) is 0 Å².